The lowest BCUT2D eigenvalue weighted by atomic mass is 10.3. The van der Waals surface area contributed by atoms with Crippen molar-refractivity contribution in [3.8, 4) is 12.3 Å². The molecule has 2 heterocycles. The van der Waals surface area contributed by atoms with E-state index in [1.165, 1.54) is 7.05 Å². The second-order valence-electron chi connectivity index (χ2n) is 3.52. The van der Waals surface area contributed by atoms with E-state index in [4.69, 9.17) is 6.42 Å². The van der Waals surface area contributed by atoms with Crippen LogP contribution in [0.15, 0.2) is 23.1 Å². The van der Waals surface area contributed by atoms with E-state index in [2.05, 4.69) is 25.9 Å². The highest BCUT2D eigenvalue weighted by Gasteiger charge is 2.17. The number of terminal acetylenes is 1. The Balaban J connectivity index is 2.36. The molecule has 0 bridgehead atoms. The van der Waals surface area contributed by atoms with Gasteiger partial charge in [0.25, 0.3) is 11.5 Å². The molecule has 2 aromatic rings. The molecular weight excluding hydrogens is 264 g/mol. The molecule has 0 aliphatic heterocycles. The monoisotopic (exact) mass is 274 g/mol. The second kappa shape index (κ2) is 5.37. The number of anilines is 2. The molecule has 0 aliphatic rings. The van der Waals surface area contributed by atoms with Crippen LogP contribution in [0.1, 0.15) is 16.1 Å². The summed E-state index contributed by atoms with van der Waals surface area (Å²) in [6.07, 6.45) is 6.81. The fourth-order valence-corrected chi connectivity index (χ4v) is 2.19. The van der Waals surface area contributed by atoms with Crippen molar-refractivity contribution in [1.29, 1.82) is 0 Å². The number of nitrogens with zero attached hydrogens (tertiary/aromatic N) is 1. The highest BCUT2D eigenvalue weighted by Crippen LogP contribution is 2.22. The Morgan fingerprint density at radius 3 is 3.05 bits per heavy atom. The van der Waals surface area contributed by atoms with E-state index >= 15 is 0 Å². The number of rotatable bonds is 3. The zero-order chi connectivity index (χ0) is 13.8. The van der Waals surface area contributed by atoms with Crippen molar-refractivity contribution >= 4 is 28.1 Å². The molecule has 2 aromatic heterocycles. The van der Waals surface area contributed by atoms with Crippen LogP contribution >= 0.6 is 11.5 Å². The van der Waals surface area contributed by atoms with Gasteiger partial charge in [-0.1, -0.05) is 5.92 Å². The first-order valence-electron chi connectivity index (χ1n) is 5.29. The predicted octanol–water partition coefficient (Wildman–Crippen LogP) is 0.916. The first-order valence-corrected chi connectivity index (χ1v) is 6.10. The van der Waals surface area contributed by atoms with Gasteiger partial charge in [-0.15, -0.1) is 6.42 Å². The summed E-state index contributed by atoms with van der Waals surface area (Å²) in [4.78, 5) is 27.1. The van der Waals surface area contributed by atoms with Crippen molar-refractivity contribution in [2.75, 3.05) is 12.4 Å². The van der Waals surface area contributed by atoms with Crippen molar-refractivity contribution in [2.45, 2.75) is 0 Å². The fourth-order valence-electron chi connectivity index (χ4n) is 1.44. The topological polar surface area (TPSA) is 86.9 Å². The number of aromatic amines is 1. The van der Waals surface area contributed by atoms with Gasteiger partial charge in [0.15, 0.2) is 0 Å². The fraction of sp³-hybridized carbons (Fsp3) is 0.0833. The molecule has 0 unspecified atom stereocenters. The summed E-state index contributed by atoms with van der Waals surface area (Å²) < 4.78 is 2.51. The molecule has 96 valence electrons. The van der Waals surface area contributed by atoms with Gasteiger partial charge in [0.2, 0.25) is 0 Å². The molecular formula is C12H10N4O2S. The average molecular weight is 274 g/mol. The molecule has 0 aliphatic carbocycles. The summed E-state index contributed by atoms with van der Waals surface area (Å²) in [6, 6.07) is 3.34. The smallest absolute Gasteiger partial charge is 0.273 e. The van der Waals surface area contributed by atoms with E-state index in [0.717, 1.165) is 11.5 Å². The summed E-state index contributed by atoms with van der Waals surface area (Å²) in [5, 5.41) is 5.82. The lowest BCUT2D eigenvalue weighted by molar-refractivity contribution is 0.0963. The molecule has 2 rings (SSSR count). The van der Waals surface area contributed by atoms with Crippen LogP contribution in [0.5, 0.6) is 0 Å². The first-order chi connectivity index (χ1) is 9.15. The third kappa shape index (κ3) is 2.64. The van der Waals surface area contributed by atoms with Gasteiger partial charge in [-0.3, -0.25) is 14.0 Å². The zero-order valence-corrected chi connectivity index (χ0v) is 10.8. The number of amides is 1. The molecule has 7 heteroatoms. The summed E-state index contributed by atoms with van der Waals surface area (Å²) >= 11 is 1.05. The Hall–Kier alpha value is -2.59. The van der Waals surface area contributed by atoms with Gasteiger partial charge >= 0.3 is 0 Å². The van der Waals surface area contributed by atoms with Gasteiger partial charge in [0.1, 0.15) is 16.3 Å². The number of carbonyl (C=O) groups excluding carboxylic acids is 1. The highest BCUT2D eigenvalue weighted by atomic mass is 32.1. The van der Waals surface area contributed by atoms with Gasteiger partial charge < -0.3 is 10.6 Å². The molecule has 0 radical (unpaired) electrons. The molecule has 1 amide bonds. The maximum atomic E-state index is 11.6. The van der Waals surface area contributed by atoms with Gasteiger partial charge in [0, 0.05) is 18.9 Å². The average Bonchev–Trinajstić information content (AvgIpc) is 2.79. The summed E-state index contributed by atoms with van der Waals surface area (Å²) in [5.41, 5.74) is 0.738. The van der Waals surface area contributed by atoms with Crippen LogP contribution in [0.4, 0.5) is 10.7 Å². The van der Waals surface area contributed by atoms with Crippen molar-refractivity contribution < 1.29 is 4.79 Å². The summed E-state index contributed by atoms with van der Waals surface area (Å²) in [7, 11) is 1.46. The molecule has 0 aromatic carbocycles. The summed E-state index contributed by atoms with van der Waals surface area (Å²) in [5.74, 6) is 1.96. The zero-order valence-electron chi connectivity index (χ0n) is 9.98. The third-order valence-electron chi connectivity index (χ3n) is 2.32. The molecule has 0 saturated heterocycles. The van der Waals surface area contributed by atoms with Crippen molar-refractivity contribution in [1.82, 2.24) is 14.7 Å². The van der Waals surface area contributed by atoms with Crippen LogP contribution in [0, 0.1) is 12.3 Å². The predicted molar refractivity (Wildman–Crippen MR) is 73.8 cm³/mol. The van der Waals surface area contributed by atoms with Gasteiger partial charge in [-0.05, 0) is 23.7 Å². The Morgan fingerprint density at radius 1 is 1.58 bits per heavy atom. The lowest BCUT2D eigenvalue weighted by Gasteiger charge is -2.05. The molecule has 19 heavy (non-hydrogen) atoms. The molecule has 0 spiro atoms. The van der Waals surface area contributed by atoms with Gasteiger partial charge in [-0.25, -0.2) is 4.98 Å². The first kappa shape index (κ1) is 12.9. The van der Waals surface area contributed by atoms with Crippen LogP contribution in [0.3, 0.4) is 0 Å². The lowest BCUT2D eigenvalue weighted by Crippen LogP contribution is -2.24. The van der Waals surface area contributed by atoms with Gasteiger partial charge in [0.05, 0.1) is 0 Å². The maximum Gasteiger partial charge on any atom is 0.273 e. The van der Waals surface area contributed by atoms with Crippen LogP contribution < -0.4 is 16.2 Å². The van der Waals surface area contributed by atoms with E-state index in [0.29, 0.717) is 16.4 Å². The van der Waals surface area contributed by atoms with E-state index in [9.17, 15) is 9.59 Å². The van der Waals surface area contributed by atoms with E-state index < -0.39 is 11.5 Å². The normalized spacial score (nSPS) is 9.68. The number of H-pyrrole nitrogens is 1. The maximum absolute atomic E-state index is 11.6. The largest absolute Gasteiger partial charge is 0.355 e. The second-order valence-corrected chi connectivity index (χ2v) is 4.33. The third-order valence-corrected chi connectivity index (χ3v) is 3.12. The molecule has 0 atom stereocenters. The minimum Gasteiger partial charge on any atom is -0.355 e. The minimum absolute atomic E-state index is 0.0477. The Labute approximate surface area is 113 Å². The van der Waals surface area contributed by atoms with Crippen LogP contribution in [0.25, 0.3) is 0 Å². The Bertz CT molecular complexity index is 711. The molecule has 3 N–H and O–H groups in total. The van der Waals surface area contributed by atoms with E-state index in [1.807, 2.05) is 0 Å². The van der Waals surface area contributed by atoms with E-state index in [-0.39, 0.29) is 5.56 Å². The van der Waals surface area contributed by atoms with Gasteiger partial charge in [-0.2, -0.15) is 0 Å². The quantitative estimate of drug-likeness (QED) is 0.726. The summed E-state index contributed by atoms with van der Waals surface area (Å²) in [6.45, 7) is 0. The molecule has 0 saturated carbocycles. The van der Waals surface area contributed by atoms with Crippen molar-refractivity contribution in [3.05, 3.63) is 39.9 Å². The van der Waals surface area contributed by atoms with Crippen molar-refractivity contribution in [3.63, 3.8) is 0 Å². The molecule has 6 nitrogen and oxygen atoms in total. The number of hydrogen-bond donors (Lipinski definition) is 3. The SMILES string of the molecule is C#Cc1cc(Nc2s[nH]c(=O)c2C(=O)NC)ccn1. The van der Waals surface area contributed by atoms with Crippen LogP contribution in [-0.2, 0) is 0 Å². The molecule has 0 fully saturated rings. The number of nitrogens with one attached hydrogen (secondary N) is 3. The van der Waals surface area contributed by atoms with Crippen LogP contribution in [-0.4, -0.2) is 22.3 Å². The Morgan fingerprint density at radius 2 is 2.37 bits per heavy atom. The number of carbonyl (C=O) groups is 1. The van der Waals surface area contributed by atoms with Crippen molar-refractivity contribution in [2.24, 2.45) is 0 Å². The van der Waals surface area contributed by atoms with Crippen LogP contribution in [0.2, 0.25) is 0 Å². The minimum atomic E-state index is -0.448. The Kier molecular flexibility index (Phi) is 3.63. The van der Waals surface area contributed by atoms with E-state index in [1.54, 1.807) is 18.3 Å². The number of aromatic nitrogens is 2. The highest BCUT2D eigenvalue weighted by molar-refractivity contribution is 7.10. The standard InChI is InChI=1S/C12H10N4O2S/c1-3-7-6-8(4-5-14-7)15-12-9(10(17)13-2)11(18)16-19-12/h1,4-6H,2H3,(H,13,17)(H,14,15)(H,16,18). The number of hydrogen-bond acceptors (Lipinski definition) is 5. The number of pyridine rings is 1.